The zero-order valence-corrected chi connectivity index (χ0v) is 12.2. The second kappa shape index (κ2) is 5.31. The molecule has 1 aromatic carbocycles. The van der Waals surface area contributed by atoms with Crippen LogP contribution in [0.4, 0.5) is 5.69 Å². The topological polar surface area (TPSA) is 32.5 Å². The monoisotopic (exact) mass is 279 g/mol. The molecule has 2 N–H and O–H groups in total. The standard InChI is InChI=1S/C15H22ClN3/c1-11-8-18-6-2-3-13(18)10-19(11)9-12-4-5-15(17)14(16)7-12/h4-5,7,11,13H,2-3,6,8-10,17H2,1H3. The summed E-state index contributed by atoms with van der Waals surface area (Å²) in [5, 5.41) is 0.671. The average molecular weight is 280 g/mol. The van der Waals surface area contributed by atoms with Crippen molar-refractivity contribution in [2.75, 3.05) is 25.4 Å². The van der Waals surface area contributed by atoms with E-state index in [-0.39, 0.29) is 0 Å². The molecule has 3 nitrogen and oxygen atoms in total. The average Bonchev–Trinajstić information content (AvgIpc) is 2.81. The molecule has 0 bridgehead atoms. The summed E-state index contributed by atoms with van der Waals surface area (Å²) in [6, 6.07) is 7.39. The number of nitrogens with zero attached hydrogens (tertiary/aromatic N) is 2. The molecule has 3 rings (SSSR count). The SMILES string of the molecule is CC1CN2CCCC2CN1Cc1ccc(N)c(Cl)c1. The maximum Gasteiger partial charge on any atom is 0.0638 e. The molecule has 2 atom stereocenters. The molecule has 19 heavy (non-hydrogen) atoms. The van der Waals surface area contributed by atoms with Crippen molar-refractivity contribution >= 4 is 17.3 Å². The summed E-state index contributed by atoms with van der Waals surface area (Å²) in [4.78, 5) is 5.23. The van der Waals surface area contributed by atoms with E-state index >= 15 is 0 Å². The summed E-state index contributed by atoms with van der Waals surface area (Å²) < 4.78 is 0. The highest BCUT2D eigenvalue weighted by Crippen LogP contribution is 2.27. The van der Waals surface area contributed by atoms with Crippen LogP contribution in [0, 0.1) is 0 Å². The van der Waals surface area contributed by atoms with Crippen LogP contribution in [0.3, 0.4) is 0 Å². The molecular formula is C15H22ClN3. The third-order valence-electron chi connectivity index (χ3n) is 4.52. The number of nitrogens with two attached hydrogens (primary N) is 1. The predicted molar refractivity (Wildman–Crippen MR) is 80.3 cm³/mol. The number of halogens is 1. The van der Waals surface area contributed by atoms with Crippen molar-refractivity contribution in [3.63, 3.8) is 0 Å². The molecule has 0 radical (unpaired) electrons. The molecule has 0 saturated carbocycles. The Bertz CT molecular complexity index is 463. The van der Waals surface area contributed by atoms with E-state index in [1.807, 2.05) is 12.1 Å². The first-order valence-electron chi connectivity index (χ1n) is 7.15. The van der Waals surface area contributed by atoms with E-state index in [1.165, 1.54) is 38.0 Å². The van der Waals surface area contributed by atoms with E-state index in [9.17, 15) is 0 Å². The van der Waals surface area contributed by atoms with Crippen molar-refractivity contribution in [3.8, 4) is 0 Å². The zero-order chi connectivity index (χ0) is 13.4. The summed E-state index contributed by atoms with van der Waals surface area (Å²) in [6.45, 7) is 6.98. The highest BCUT2D eigenvalue weighted by Gasteiger charge is 2.34. The van der Waals surface area contributed by atoms with Gasteiger partial charge < -0.3 is 5.73 Å². The Morgan fingerprint density at radius 2 is 2.21 bits per heavy atom. The summed E-state index contributed by atoms with van der Waals surface area (Å²) in [7, 11) is 0. The molecule has 1 aromatic rings. The van der Waals surface area contributed by atoms with Gasteiger partial charge in [-0.05, 0) is 44.0 Å². The van der Waals surface area contributed by atoms with Crippen molar-refractivity contribution in [3.05, 3.63) is 28.8 Å². The Balaban J connectivity index is 1.70. The molecule has 0 spiro atoms. The van der Waals surface area contributed by atoms with Gasteiger partial charge in [0.1, 0.15) is 0 Å². The van der Waals surface area contributed by atoms with Gasteiger partial charge in [-0.15, -0.1) is 0 Å². The highest BCUT2D eigenvalue weighted by atomic mass is 35.5. The minimum Gasteiger partial charge on any atom is -0.398 e. The minimum absolute atomic E-state index is 0.616. The van der Waals surface area contributed by atoms with Gasteiger partial charge in [0.05, 0.1) is 10.7 Å². The van der Waals surface area contributed by atoms with E-state index in [2.05, 4.69) is 22.8 Å². The van der Waals surface area contributed by atoms with E-state index in [1.54, 1.807) is 0 Å². The lowest BCUT2D eigenvalue weighted by Crippen LogP contribution is -2.54. The molecule has 2 aliphatic rings. The second-order valence-electron chi connectivity index (χ2n) is 5.93. The summed E-state index contributed by atoms with van der Waals surface area (Å²) >= 11 is 6.11. The lowest BCUT2D eigenvalue weighted by molar-refractivity contribution is 0.0540. The molecule has 4 heteroatoms. The lowest BCUT2D eigenvalue weighted by atomic mass is 10.1. The third kappa shape index (κ3) is 2.73. The molecular weight excluding hydrogens is 258 g/mol. The van der Waals surface area contributed by atoms with Crippen LogP contribution < -0.4 is 5.73 Å². The van der Waals surface area contributed by atoms with Crippen LogP contribution in [0.15, 0.2) is 18.2 Å². The first-order valence-corrected chi connectivity index (χ1v) is 7.53. The number of piperazine rings is 1. The Labute approximate surface area is 120 Å². The molecule has 104 valence electrons. The van der Waals surface area contributed by atoms with Crippen molar-refractivity contribution in [1.29, 1.82) is 0 Å². The molecule has 0 amide bonds. The third-order valence-corrected chi connectivity index (χ3v) is 4.84. The normalized spacial score (nSPS) is 28.5. The number of rotatable bonds is 2. The maximum atomic E-state index is 6.11. The van der Waals surface area contributed by atoms with Gasteiger partial charge >= 0.3 is 0 Å². The van der Waals surface area contributed by atoms with Gasteiger partial charge in [-0.1, -0.05) is 17.7 Å². The first-order chi connectivity index (χ1) is 9.13. The van der Waals surface area contributed by atoms with E-state index in [0.29, 0.717) is 16.8 Å². The largest absolute Gasteiger partial charge is 0.398 e. The quantitative estimate of drug-likeness (QED) is 0.845. The lowest BCUT2D eigenvalue weighted by Gasteiger charge is -2.42. The first kappa shape index (κ1) is 13.2. The maximum absolute atomic E-state index is 6.11. The molecule has 2 aliphatic heterocycles. The van der Waals surface area contributed by atoms with Gasteiger partial charge in [0.25, 0.3) is 0 Å². The Morgan fingerprint density at radius 3 is 3.00 bits per heavy atom. The molecule has 2 saturated heterocycles. The smallest absolute Gasteiger partial charge is 0.0638 e. The Kier molecular flexibility index (Phi) is 3.70. The van der Waals surface area contributed by atoms with Gasteiger partial charge in [0, 0.05) is 31.7 Å². The van der Waals surface area contributed by atoms with Crippen molar-refractivity contribution < 1.29 is 0 Å². The molecule has 2 heterocycles. The van der Waals surface area contributed by atoms with Crippen LogP contribution in [0.2, 0.25) is 5.02 Å². The number of fused-ring (bicyclic) bond motifs is 1. The number of anilines is 1. The van der Waals surface area contributed by atoms with E-state index < -0.39 is 0 Å². The van der Waals surface area contributed by atoms with Crippen LogP contribution in [0.1, 0.15) is 25.3 Å². The van der Waals surface area contributed by atoms with Crippen molar-refractivity contribution in [1.82, 2.24) is 9.80 Å². The fourth-order valence-electron chi connectivity index (χ4n) is 3.37. The number of benzene rings is 1. The minimum atomic E-state index is 0.616. The van der Waals surface area contributed by atoms with E-state index in [4.69, 9.17) is 17.3 Å². The van der Waals surface area contributed by atoms with Crippen molar-refractivity contribution in [2.24, 2.45) is 0 Å². The van der Waals surface area contributed by atoms with Crippen LogP contribution in [-0.4, -0.2) is 41.5 Å². The predicted octanol–water partition coefficient (Wildman–Crippen LogP) is 2.59. The summed E-state index contributed by atoms with van der Waals surface area (Å²) in [5.74, 6) is 0. The fourth-order valence-corrected chi connectivity index (χ4v) is 3.57. The molecule has 2 unspecified atom stereocenters. The summed E-state index contributed by atoms with van der Waals surface area (Å²) in [6.07, 6.45) is 2.71. The Morgan fingerprint density at radius 1 is 1.37 bits per heavy atom. The van der Waals surface area contributed by atoms with E-state index in [0.717, 1.165) is 12.6 Å². The van der Waals surface area contributed by atoms with Gasteiger partial charge in [0.2, 0.25) is 0 Å². The zero-order valence-electron chi connectivity index (χ0n) is 11.5. The van der Waals surface area contributed by atoms with Gasteiger partial charge in [-0.25, -0.2) is 0 Å². The van der Waals surface area contributed by atoms with Crippen molar-refractivity contribution in [2.45, 2.75) is 38.4 Å². The molecule has 0 aliphatic carbocycles. The highest BCUT2D eigenvalue weighted by molar-refractivity contribution is 6.33. The van der Waals surface area contributed by atoms with Crippen LogP contribution in [0.5, 0.6) is 0 Å². The number of nitrogen functional groups attached to an aromatic ring is 1. The van der Waals surface area contributed by atoms with Crippen LogP contribution in [-0.2, 0) is 6.54 Å². The van der Waals surface area contributed by atoms with Gasteiger partial charge in [0.15, 0.2) is 0 Å². The van der Waals surface area contributed by atoms with Gasteiger partial charge in [-0.2, -0.15) is 0 Å². The number of hydrogen-bond acceptors (Lipinski definition) is 3. The van der Waals surface area contributed by atoms with Gasteiger partial charge in [-0.3, -0.25) is 9.80 Å². The fraction of sp³-hybridized carbons (Fsp3) is 0.600. The molecule has 2 fully saturated rings. The molecule has 0 aromatic heterocycles. The summed E-state index contributed by atoms with van der Waals surface area (Å²) in [5.41, 5.74) is 7.69. The Hall–Kier alpha value is -0.770. The second-order valence-corrected chi connectivity index (χ2v) is 6.33. The number of hydrogen-bond donors (Lipinski definition) is 1. The van der Waals surface area contributed by atoms with Crippen LogP contribution >= 0.6 is 11.6 Å². The van der Waals surface area contributed by atoms with Crippen LogP contribution in [0.25, 0.3) is 0 Å².